The number of likely N-dealkylation sites (tertiary alicyclic amines) is 1. The Labute approximate surface area is 159 Å². The molecule has 0 amide bonds. The number of aliphatic hydroxyl groups is 1. The highest BCUT2D eigenvalue weighted by atomic mass is 32.1. The van der Waals surface area contributed by atoms with Gasteiger partial charge in [0.15, 0.2) is 0 Å². The Kier molecular flexibility index (Phi) is 6.40. The monoisotopic (exact) mass is 373 g/mol. The van der Waals surface area contributed by atoms with E-state index in [1.54, 1.807) is 30.7 Å². The van der Waals surface area contributed by atoms with E-state index in [9.17, 15) is 10.2 Å². The predicted molar refractivity (Wildman–Crippen MR) is 106 cm³/mol. The molecule has 1 atom stereocenters. The van der Waals surface area contributed by atoms with E-state index >= 15 is 0 Å². The van der Waals surface area contributed by atoms with Crippen LogP contribution in [0.2, 0.25) is 0 Å². The summed E-state index contributed by atoms with van der Waals surface area (Å²) in [5.74, 6) is 0.891. The van der Waals surface area contributed by atoms with Crippen LogP contribution in [0.5, 0.6) is 5.75 Å². The maximum absolute atomic E-state index is 10.3. The number of rotatable bonds is 6. The first-order chi connectivity index (χ1) is 12.6. The van der Waals surface area contributed by atoms with Crippen LogP contribution in [0.3, 0.4) is 0 Å². The van der Waals surface area contributed by atoms with E-state index in [1.807, 2.05) is 0 Å². The molecular formula is C20H27N3O2S. The van der Waals surface area contributed by atoms with Crippen molar-refractivity contribution in [1.29, 1.82) is 0 Å². The lowest BCUT2D eigenvalue weighted by molar-refractivity contribution is 0.143. The van der Waals surface area contributed by atoms with Crippen molar-refractivity contribution in [2.75, 3.05) is 19.6 Å². The summed E-state index contributed by atoms with van der Waals surface area (Å²) in [6.07, 6.45) is 5.73. The topological polar surface area (TPSA) is 69.0 Å². The van der Waals surface area contributed by atoms with Crippen LogP contribution >= 0.6 is 11.3 Å². The van der Waals surface area contributed by atoms with Gasteiger partial charge in [0.05, 0.1) is 24.9 Å². The van der Waals surface area contributed by atoms with E-state index in [2.05, 4.69) is 39.3 Å². The lowest BCUT2D eigenvalue weighted by atomic mass is 9.97. The number of aryl methyl sites for hydroxylation is 1. The Morgan fingerprint density at radius 3 is 2.85 bits per heavy atom. The molecule has 0 aliphatic carbocycles. The summed E-state index contributed by atoms with van der Waals surface area (Å²) >= 11 is 1.77. The van der Waals surface area contributed by atoms with Crippen molar-refractivity contribution < 1.29 is 10.2 Å². The summed E-state index contributed by atoms with van der Waals surface area (Å²) < 4.78 is 0. The summed E-state index contributed by atoms with van der Waals surface area (Å²) in [4.78, 5) is 12.6. The number of hydrogen-bond donors (Lipinski definition) is 2. The van der Waals surface area contributed by atoms with E-state index in [-0.39, 0.29) is 18.4 Å². The minimum absolute atomic E-state index is 0.0970. The van der Waals surface area contributed by atoms with Gasteiger partial charge < -0.3 is 10.2 Å². The molecule has 0 radical (unpaired) electrons. The Morgan fingerprint density at radius 2 is 2.19 bits per heavy atom. The first-order valence-corrected chi connectivity index (χ1v) is 10.0. The number of nitrogens with zero attached hydrogens (tertiary/aromatic N) is 3. The van der Waals surface area contributed by atoms with Gasteiger partial charge in [0, 0.05) is 28.4 Å². The smallest absolute Gasteiger partial charge is 0.145 e. The van der Waals surface area contributed by atoms with Crippen LogP contribution in [0.1, 0.15) is 47.5 Å². The second-order valence-corrected chi connectivity index (χ2v) is 8.01. The molecule has 3 rings (SSSR count). The van der Waals surface area contributed by atoms with E-state index in [4.69, 9.17) is 0 Å². The normalized spacial score (nSPS) is 17.8. The third-order valence-corrected chi connectivity index (χ3v) is 6.13. The summed E-state index contributed by atoms with van der Waals surface area (Å²) in [6.45, 7) is 6.74. The second-order valence-electron chi connectivity index (χ2n) is 7.03. The summed E-state index contributed by atoms with van der Waals surface area (Å²) in [6, 6.07) is 4.53. The maximum atomic E-state index is 10.3. The average molecular weight is 374 g/mol. The molecule has 140 valence electrons. The molecule has 5 nitrogen and oxygen atoms in total. The number of aromatic nitrogens is 1. The highest BCUT2D eigenvalue weighted by Gasteiger charge is 2.25. The third-order valence-electron chi connectivity index (χ3n) is 5.16. The Hall–Kier alpha value is -1.76. The first kappa shape index (κ1) is 19.0. The zero-order valence-electron chi connectivity index (χ0n) is 15.4. The predicted octanol–water partition coefficient (Wildman–Crippen LogP) is 3.54. The molecule has 26 heavy (non-hydrogen) atoms. The van der Waals surface area contributed by atoms with Gasteiger partial charge in [0.25, 0.3) is 0 Å². The molecule has 0 saturated carbocycles. The molecule has 1 fully saturated rings. The van der Waals surface area contributed by atoms with Gasteiger partial charge in [-0.1, -0.05) is 13.0 Å². The van der Waals surface area contributed by atoms with Crippen molar-refractivity contribution in [3.8, 4) is 5.75 Å². The summed E-state index contributed by atoms with van der Waals surface area (Å²) in [7, 11) is 0. The highest BCUT2D eigenvalue weighted by molar-refractivity contribution is 7.10. The molecule has 0 spiro atoms. The highest BCUT2D eigenvalue weighted by Crippen LogP contribution is 2.30. The average Bonchev–Trinajstić information content (AvgIpc) is 3.17. The van der Waals surface area contributed by atoms with Crippen molar-refractivity contribution in [3.05, 3.63) is 45.4 Å². The van der Waals surface area contributed by atoms with Crippen molar-refractivity contribution in [2.24, 2.45) is 10.9 Å². The fourth-order valence-electron chi connectivity index (χ4n) is 3.37. The SMILES string of the molecule is Cc1ncc(CO)c(C=NC[C@@H](c2cccs2)N2CCC(C)CC2)c1O. The van der Waals surface area contributed by atoms with Crippen molar-refractivity contribution in [3.63, 3.8) is 0 Å². The molecule has 2 aromatic rings. The van der Waals surface area contributed by atoms with Crippen LogP contribution < -0.4 is 0 Å². The van der Waals surface area contributed by atoms with Crippen LogP contribution in [-0.4, -0.2) is 45.9 Å². The Bertz CT molecular complexity index is 738. The van der Waals surface area contributed by atoms with Gasteiger partial charge >= 0.3 is 0 Å². The minimum Gasteiger partial charge on any atom is -0.505 e. The zero-order valence-corrected chi connectivity index (χ0v) is 16.2. The van der Waals surface area contributed by atoms with Crippen LogP contribution in [0, 0.1) is 12.8 Å². The largest absolute Gasteiger partial charge is 0.505 e. The number of aliphatic imine (C=N–C) groups is 1. The van der Waals surface area contributed by atoms with Gasteiger partial charge in [-0.05, 0) is 50.2 Å². The lowest BCUT2D eigenvalue weighted by Crippen LogP contribution is -2.37. The number of aliphatic hydroxyl groups excluding tert-OH is 1. The molecule has 0 aromatic carbocycles. The summed E-state index contributed by atoms with van der Waals surface area (Å²) in [5.41, 5.74) is 1.71. The van der Waals surface area contributed by atoms with E-state index in [0.29, 0.717) is 23.4 Å². The molecule has 6 heteroatoms. The quantitative estimate of drug-likeness (QED) is 0.760. The second kappa shape index (κ2) is 8.75. The molecule has 2 aromatic heterocycles. The van der Waals surface area contributed by atoms with Crippen molar-refractivity contribution >= 4 is 17.6 Å². The van der Waals surface area contributed by atoms with Crippen LogP contribution in [0.4, 0.5) is 0 Å². The van der Waals surface area contributed by atoms with E-state index in [0.717, 1.165) is 19.0 Å². The van der Waals surface area contributed by atoms with Gasteiger partial charge in [-0.3, -0.25) is 14.9 Å². The van der Waals surface area contributed by atoms with Gasteiger partial charge in [-0.2, -0.15) is 0 Å². The molecule has 3 heterocycles. The van der Waals surface area contributed by atoms with E-state index < -0.39 is 0 Å². The van der Waals surface area contributed by atoms with Crippen LogP contribution in [0.15, 0.2) is 28.7 Å². The standard InChI is InChI=1S/C20H27N3O2S/c1-14-5-7-23(8-6-14)18(19-4-3-9-26-19)12-21-11-17-16(13-24)10-22-15(2)20(17)25/h3-4,9-11,14,18,24-25H,5-8,12-13H2,1-2H3/t18-/m0/s1. The van der Waals surface area contributed by atoms with Gasteiger partial charge in [0.1, 0.15) is 5.75 Å². The number of pyridine rings is 1. The molecule has 1 aliphatic heterocycles. The molecule has 2 N–H and O–H groups in total. The number of thiophene rings is 1. The van der Waals surface area contributed by atoms with Crippen LogP contribution in [-0.2, 0) is 6.61 Å². The number of hydrogen-bond acceptors (Lipinski definition) is 6. The van der Waals surface area contributed by atoms with Crippen LogP contribution in [0.25, 0.3) is 0 Å². The Balaban J connectivity index is 1.78. The third kappa shape index (κ3) is 4.31. The molecule has 0 unspecified atom stereocenters. The van der Waals surface area contributed by atoms with E-state index in [1.165, 1.54) is 17.7 Å². The van der Waals surface area contributed by atoms with Gasteiger partial charge in [-0.15, -0.1) is 11.3 Å². The lowest BCUT2D eigenvalue weighted by Gasteiger charge is -2.35. The summed E-state index contributed by atoms with van der Waals surface area (Å²) in [5, 5.41) is 21.9. The number of piperidine rings is 1. The van der Waals surface area contributed by atoms with Crippen molar-refractivity contribution in [1.82, 2.24) is 9.88 Å². The molecule has 1 saturated heterocycles. The molecule has 0 bridgehead atoms. The maximum Gasteiger partial charge on any atom is 0.145 e. The molecule has 1 aliphatic rings. The first-order valence-electron chi connectivity index (χ1n) is 9.15. The van der Waals surface area contributed by atoms with Crippen molar-refractivity contribution in [2.45, 2.75) is 39.3 Å². The fourth-order valence-corrected chi connectivity index (χ4v) is 4.22. The van der Waals surface area contributed by atoms with Gasteiger partial charge in [0.2, 0.25) is 0 Å². The van der Waals surface area contributed by atoms with Gasteiger partial charge in [-0.25, -0.2) is 0 Å². The fraction of sp³-hybridized carbons (Fsp3) is 0.500. The number of aromatic hydroxyl groups is 1. The minimum atomic E-state index is -0.166. The zero-order chi connectivity index (χ0) is 18.5. The Morgan fingerprint density at radius 1 is 1.42 bits per heavy atom. The molecular weight excluding hydrogens is 346 g/mol.